The molecular formula is C14H17NOS. The molecular weight excluding hydrogens is 230 g/mol. The van der Waals surface area contributed by atoms with Gasteiger partial charge in [-0.05, 0) is 38.0 Å². The van der Waals surface area contributed by atoms with Gasteiger partial charge in [0.1, 0.15) is 0 Å². The molecule has 1 heterocycles. The average Bonchev–Trinajstić information content (AvgIpc) is 2.64. The van der Waals surface area contributed by atoms with E-state index in [9.17, 15) is 0 Å². The predicted octanol–water partition coefficient (Wildman–Crippen LogP) is 3.27. The van der Waals surface area contributed by atoms with Gasteiger partial charge in [0.15, 0.2) is 0 Å². The van der Waals surface area contributed by atoms with Crippen LogP contribution >= 0.6 is 11.3 Å². The topological polar surface area (TPSA) is 33.1 Å². The summed E-state index contributed by atoms with van der Waals surface area (Å²) in [4.78, 5) is 5.82. The SMILES string of the molecule is Cc1ccc(-c2nc(CCO)sc2C)cc1C. The largest absolute Gasteiger partial charge is 0.396 e. The molecule has 0 aliphatic rings. The minimum absolute atomic E-state index is 0.166. The Bertz CT molecular complexity index is 531. The van der Waals surface area contributed by atoms with Gasteiger partial charge >= 0.3 is 0 Å². The van der Waals surface area contributed by atoms with Gasteiger partial charge in [0.25, 0.3) is 0 Å². The Morgan fingerprint density at radius 2 is 1.94 bits per heavy atom. The zero-order chi connectivity index (χ0) is 12.4. The van der Waals surface area contributed by atoms with E-state index < -0.39 is 0 Å². The third-order valence-corrected chi connectivity index (χ3v) is 3.98. The van der Waals surface area contributed by atoms with Gasteiger partial charge in [-0.2, -0.15) is 0 Å². The summed E-state index contributed by atoms with van der Waals surface area (Å²) in [6.07, 6.45) is 0.649. The summed E-state index contributed by atoms with van der Waals surface area (Å²) in [5.74, 6) is 0. The van der Waals surface area contributed by atoms with Crippen molar-refractivity contribution in [3.63, 3.8) is 0 Å². The first-order chi connectivity index (χ1) is 8.11. The predicted molar refractivity (Wildman–Crippen MR) is 72.6 cm³/mol. The summed E-state index contributed by atoms with van der Waals surface area (Å²) >= 11 is 1.67. The van der Waals surface area contributed by atoms with Crippen LogP contribution in [-0.4, -0.2) is 16.7 Å². The lowest BCUT2D eigenvalue weighted by molar-refractivity contribution is 0.299. The van der Waals surface area contributed by atoms with Crippen molar-refractivity contribution in [2.75, 3.05) is 6.61 Å². The molecule has 1 aromatic carbocycles. The van der Waals surface area contributed by atoms with E-state index in [0.29, 0.717) is 6.42 Å². The number of hydrogen-bond acceptors (Lipinski definition) is 3. The quantitative estimate of drug-likeness (QED) is 0.903. The van der Waals surface area contributed by atoms with E-state index in [1.54, 1.807) is 11.3 Å². The van der Waals surface area contributed by atoms with Gasteiger partial charge in [-0.25, -0.2) is 4.98 Å². The molecule has 0 saturated heterocycles. The first-order valence-corrected chi connectivity index (χ1v) is 6.58. The molecule has 2 nitrogen and oxygen atoms in total. The van der Waals surface area contributed by atoms with Crippen LogP contribution in [0.1, 0.15) is 21.0 Å². The van der Waals surface area contributed by atoms with Gasteiger partial charge in [-0.3, -0.25) is 0 Å². The van der Waals surface area contributed by atoms with Crippen molar-refractivity contribution in [3.05, 3.63) is 39.2 Å². The summed E-state index contributed by atoms with van der Waals surface area (Å²) in [7, 11) is 0. The van der Waals surface area contributed by atoms with Crippen LogP contribution in [0.3, 0.4) is 0 Å². The first-order valence-electron chi connectivity index (χ1n) is 5.76. The summed E-state index contributed by atoms with van der Waals surface area (Å²) < 4.78 is 0. The van der Waals surface area contributed by atoms with Crippen LogP contribution in [0.15, 0.2) is 18.2 Å². The third kappa shape index (κ3) is 2.56. The lowest BCUT2D eigenvalue weighted by Crippen LogP contribution is -1.90. The zero-order valence-corrected chi connectivity index (χ0v) is 11.3. The fourth-order valence-corrected chi connectivity index (χ4v) is 2.75. The molecule has 3 heteroatoms. The smallest absolute Gasteiger partial charge is 0.0958 e. The minimum Gasteiger partial charge on any atom is -0.396 e. The van der Waals surface area contributed by atoms with E-state index in [1.807, 2.05) is 0 Å². The number of rotatable bonds is 3. The molecule has 0 unspecified atom stereocenters. The van der Waals surface area contributed by atoms with E-state index in [-0.39, 0.29) is 6.61 Å². The van der Waals surface area contributed by atoms with Gasteiger partial charge in [-0.15, -0.1) is 11.3 Å². The molecule has 0 saturated carbocycles. The molecule has 90 valence electrons. The Morgan fingerprint density at radius 1 is 1.18 bits per heavy atom. The second-order valence-electron chi connectivity index (χ2n) is 4.29. The van der Waals surface area contributed by atoms with Crippen LogP contribution in [-0.2, 0) is 6.42 Å². The molecule has 0 fully saturated rings. The number of nitrogens with zero attached hydrogens (tertiary/aromatic N) is 1. The second kappa shape index (κ2) is 4.98. The molecule has 0 amide bonds. The summed E-state index contributed by atoms with van der Waals surface area (Å²) in [6, 6.07) is 6.43. The number of aromatic nitrogens is 1. The highest BCUT2D eigenvalue weighted by molar-refractivity contribution is 7.12. The van der Waals surface area contributed by atoms with Gasteiger partial charge in [-0.1, -0.05) is 12.1 Å². The third-order valence-electron chi connectivity index (χ3n) is 2.95. The van der Waals surface area contributed by atoms with Crippen molar-refractivity contribution in [2.45, 2.75) is 27.2 Å². The van der Waals surface area contributed by atoms with Gasteiger partial charge in [0.2, 0.25) is 0 Å². The summed E-state index contributed by atoms with van der Waals surface area (Å²) in [6.45, 7) is 6.49. The molecule has 17 heavy (non-hydrogen) atoms. The second-order valence-corrected chi connectivity index (χ2v) is 5.57. The summed E-state index contributed by atoms with van der Waals surface area (Å²) in [5, 5.41) is 9.95. The molecule has 1 N–H and O–H groups in total. The minimum atomic E-state index is 0.166. The van der Waals surface area contributed by atoms with Gasteiger partial charge in [0.05, 0.1) is 10.7 Å². The highest BCUT2D eigenvalue weighted by Crippen LogP contribution is 2.28. The standard InChI is InChI=1S/C14H17NOS/c1-9-4-5-12(8-10(9)2)14-11(3)17-13(15-14)6-7-16/h4-5,8,16H,6-7H2,1-3H3. The molecule has 1 aromatic heterocycles. The zero-order valence-electron chi connectivity index (χ0n) is 10.4. The molecule has 0 atom stereocenters. The van der Waals surface area contributed by atoms with Crippen molar-refractivity contribution in [1.29, 1.82) is 0 Å². The average molecular weight is 247 g/mol. The maximum Gasteiger partial charge on any atom is 0.0958 e. The van der Waals surface area contributed by atoms with Crippen molar-refractivity contribution in [1.82, 2.24) is 4.98 Å². The normalized spacial score (nSPS) is 10.8. The molecule has 0 spiro atoms. The highest BCUT2D eigenvalue weighted by Gasteiger charge is 2.09. The lowest BCUT2D eigenvalue weighted by Gasteiger charge is -2.03. The van der Waals surface area contributed by atoms with Crippen molar-refractivity contribution in [2.24, 2.45) is 0 Å². The lowest BCUT2D eigenvalue weighted by atomic mass is 10.0. The molecule has 0 radical (unpaired) electrons. The number of aryl methyl sites for hydroxylation is 3. The first kappa shape index (κ1) is 12.3. The molecule has 0 aliphatic heterocycles. The van der Waals surface area contributed by atoms with Gasteiger partial charge < -0.3 is 5.11 Å². The molecule has 2 aromatic rings. The monoisotopic (exact) mass is 247 g/mol. The molecule has 0 bridgehead atoms. The Morgan fingerprint density at radius 3 is 2.59 bits per heavy atom. The fourth-order valence-electron chi connectivity index (χ4n) is 1.81. The Kier molecular flexibility index (Phi) is 3.60. The van der Waals surface area contributed by atoms with E-state index in [2.05, 4.69) is 44.0 Å². The van der Waals surface area contributed by atoms with Crippen molar-refractivity contribution in [3.8, 4) is 11.3 Å². The van der Waals surface area contributed by atoms with Crippen LogP contribution in [0.25, 0.3) is 11.3 Å². The van der Waals surface area contributed by atoms with Crippen LogP contribution in [0.4, 0.5) is 0 Å². The Labute approximate surface area is 106 Å². The Hall–Kier alpha value is -1.19. The van der Waals surface area contributed by atoms with Crippen LogP contribution in [0, 0.1) is 20.8 Å². The molecule has 0 aliphatic carbocycles. The number of hydrogen-bond donors (Lipinski definition) is 1. The van der Waals surface area contributed by atoms with E-state index in [0.717, 1.165) is 10.7 Å². The Balaban J connectivity index is 2.41. The summed E-state index contributed by atoms with van der Waals surface area (Å²) in [5.41, 5.74) is 4.82. The highest BCUT2D eigenvalue weighted by atomic mass is 32.1. The van der Waals surface area contributed by atoms with Gasteiger partial charge in [0, 0.05) is 23.5 Å². The number of thiazole rings is 1. The van der Waals surface area contributed by atoms with E-state index in [1.165, 1.54) is 21.6 Å². The van der Waals surface area contributed by atoms with Crippen molar-refractivity contribution < 1.29 is 5.11 Å². The van der Waals surface area contributed by atoms with Crippen LogP contribution in [0.2, 0.25) is 0 Å². The number of aliphatic hydroxyl groups is 1. The van der Waals surface area contributed by atoms with E-state index >= 15 is 0 Å². The maximum absolute atomic E-state index is 8.94. The fraction of sp³-hybridized carbons (Fsp3) is 0.357. The van der Waals surface area contributed by atoms with Crippen molar-refractivity contribution >= 4 is 11.3 Å². The maximum atomic E-state index is 8.94. The molecule has 2 rings (SSSR count). The number of aliphatic hydroxyl groups excluding tert-OH is 1. The number of benzene rings is 1. The van der Waals surface area contributed by atoms with Crippen LogP contribution in [0.5, 0.6) is 0 Å². The van der Waals surface area contributed by atoms with E-state index in [4.69, 9.17) is 5.11 Å². The van der Waals surface area contributed by atoms with Crippen LogP contribution < -0.4 is 0 Å².